The average Bonchev–Trinajstić information content (AvgIpc) is 2.98. The Hall–Kier alpha value is -2.55. The molecule has 0 fully saturated rings. The molecule has 23 heavy (non-hydrogen) atoms. The largest absolute Gasteiger partial charge is 0.507 e. The minimum atomic E-state index is 0.253. The van der Waals surface area contributed by atoms with Crippen LogP contribution >= 0.6 is 0 Å². The SMILES string of the molecule is Cc1cnc(/C=C(\O)c2ccccc2)c2cc3c(n12)CCCC3. The van der Waals surface area contributed by atoms with E-state index in [4.69, 9.17) is 0 Å². The first-order valence-corrected chi connectivity index (χ1v) is 8.19. The summed E-state index contributed by atoms with van der Waals surface area (Å²) in [6, 6.07) is 11.8. The van der Waals surface area contributed by atoms with Crippen LogP contribution in [-0.4, -0.2) is 14.5 Å². The first kappa shape index (κ1) is 14.1. The molecule has 0 saturated carbocycles. The molecule has 3 heteroatoms. The minimum Gasteiger partial charge on any atom is -0.507 e. The third-order valence-corrected chi connectivity index (χ3v) is 4.65. The maximum absolute atomic E-state index is 10.4. The lowest BCUT2D eigenvalue weighted by Gasteiger charge is -2.13. The van der Waals surface area contributed by atoms with Gasteiger partial charge in [-0.15, -0.1) is 0 Å². The zero-order chi connectivity index (χ0) is 15.8. The summed E-state index contributed by atoms with van der Waals surface area (Å²) in [5.74, 6) is 0.253. The van der Waals surface area contributed by atoms with Crippen molar-refractivity contribution in [3.05, 3.63) is 70.8 Å². The minimum absolute atomic E-state index is 0.253. The number of benzene rings is 1. The van der Waals surface area contributed by atoms with E-state index >= 15 is 0 Å². The Balaban J connectivity index is 1.88. The monoisotopic (exact) mass is 304 g/mol. The molecule has 1 N–H and O–H groups in total. The second-order valence-electron chi connectivity index (χ2n) is 6.22. The zero-order valence-electron chi connectivity index (χ0n) is 13.3. The Morgan fingerprint density at radius 3 is 2.78 bits per heavy atom. The number of hydrogen-bond donors (Lipinski definition) is 1. The molecule has 0 unspecified atom stereocenters. The predicted molar refractivity (Wildman–Crippen MR) is 93.5 cm³/mol. The zero-order valence-corrected chi connectivity index (χ0v) is 13.3. The molecule has 0 spiro atoms. The van der Waals surface area contributed by atoms with Crippen molar-refractivity contribution in [3.8, 4) is 0 Å². The number of aliphatic hydroxyl groups is 1. The average molecular weight is 304 g/mol. The van der Waals surface area contributed by atoms with E-state index in [9.17, 15) is 5.11 Å². The number of rotatable bonds is 2. The first-order chi connectivity index (χ1) is 11.2. The van der Waals surface area contributed by atoms with Gasteiger partial charge >= 0.3 is 0 Å². The molecule has 0 saturated heterocycles. The second-order valence-corrected chi connectivity index (χ2v) is 6.22. The molecule has 1 aliphatic rings. The summed E-state index contributed by atoms with van der Waals surface area (Å²) < 4.78 is 2.31. The molecule has 0 bridgehead atoms. The fourth-order valence-corrected chi connectivity index (χ4v) is 3.51. The van der Waals surface area contributed by atoms with Gasteiger partial charge in [0.2, 0.25) is 0 Å². The molecular formula is C20H20N2O. The van der Waals surface area contributed by atoms with Crippen LogP contribution in [-0.2, 0) is 12.8 Å². The van der Waals surface area contributed by atoms with Crippen LogP contribution in [0, 0.1) is 6.92 Å². The lowest BCUT2D eigenvalue weighted by atomic mass is 9.98. The fraction of sp³-hybridized carbons (Fsp3) is 0.250. The molecule has 1 aromatic carbocycles. The van der Waals surface area contributed by atoms with Crippen molar-refractivity contribution in [1.82, 2.24) is 9.38 Å². The van der Waals surface area contributed by atoms with Gasteiger partial charge in [0.1, 0.15) is 5.76 Å². The summed E-state index contributed by atoms with van der Waals surface area (Å²) in [6.45, 7) is 2.10. The van der Waals surface area contributed by atoms with E-state index in [-0.39, 0.29) is 5.76 Å². The van der Waals surface area contributed by atoms with Crippen LogP contribution in [0.4, 0.5) is 0 Å². The topological polar surface area (TPSA) is 37.5 Å². The van der Waals surface area contributed by atoms with Crippen LogP contribution in [0.15, 0.2) is 42.6 Å². The van der Waals surface area contributed by atoms with Crippen LogP contribution in [0.1, 0.15) is 41.1 Å². The summed E-state index contributed by atoms with van der Waals surface area (Å²) in [7, 11) is 0. The van der Waals surface area contributed by atoms with Gasteiger partial charge in [0.15, 0.2) is 0 Å². The van der Waals surface area contributed by atoms with Gasteiger partial charge in [-0.05, 0) is 44.2 Å². The number of hydrogen-bond acceptors (Lipinski definition) is 2. The van der Waals surface area contributed by atoms with Gasteiger partial charge < -0.3 is 9.51 Å². The first-order valence-electron chi connectivity index (χ1n) is 8.19. The second kappa shape index (κ2) is 5.58. The Labute approximate surface area is 135 Å². The molecule has 0 atom stereocenters. The van der Waals surface area contributed by atoms with Crippen LogP contribution in [0.5, 0.6) is 0 Å². The van der Waals surface area contributed by atoms with E-state index < -0.39 is 0 Å². The van der Waals surface area contributed by atoms with E-state index in [2.05, 4.69) is 22.4 Å². The van der Waals surface area contributed by atoms with Crippen LogP contribution in [0.3, 0.4) is 0 Å². The number of aryl methyl sites for hydroxylation is 3. The Morgan fingerprint density at radius 2 is 1.96 bits per heavy atom. The highest BCUT2D eigenvalue weighted by Gasteiger charge is 2.17. The molecule has 0 aliphatic heterocycles. The highest BCUT2D eigenvalue weighted by atomic mass is 16.3. The smallest absolute Gasteiger partial charge is 0.125 e. The maximum Gasteiger partial charge on any atom is 0.125 e. The van der Waals surface area contributed by atoms with Gasteiger partial charge in [0, 0.05) is 29.2 Å². The molecule has 0 amide bonds. The maximum atomic E-state index is 10.4. The van der Waals surface area contributed by atoms with Gasteiger partial charge in [-0.25, -0.2) is 0 Å². The van der Waals surface area contributed by atoms with Gasteiger partial charge in [0.05, 0.1) is 11.2 Å². The number of nitrogens with zero attached hydrogens (tertiary/aromatic N) is 2. The number of aliphatic hydroxyl groups excluding tert-OH is 1. The lowest BCUT2D eigenvalue weighted by Crippen LogP contribution is -2.05. The molecule has 3 nitrogen and oxygen atoms in total. The standard InChI is InChI=1S/C20H20N2O/c1-14-13-21-17(12-20(23)15-7-3-2-4-8-15)19-11-16-9-5-6-10-18(16)22(14)19/h2-4,7-8,11-13,23H,5-6,9-10H2,1H3/b20-12-. The lowest BCUT2D eigenvalue weighted by molar-refractivity contribution is 0.515. The number of fused-ring (bicyclic) bond motifs is 3. The Bertz CT molecular complexity index is 891. The molecule has 1 aliphatic carbocycles. The van der Waals surface area contributed by atoms with E-state index in [1.807, 2.05) is 36.5 Å². The third-order valence-electron chi connectivity index (χ3n) is 4.65. The molecule has 0 radical (unpaired) electrons. The summed E-state index contributed by atoms with van der Waals surface area (Å²) in [4.78, 5) is 4.56. The Kier molecular flexibility index (Phi) is 3.41. The van der Waals surface area contributed by atoms with Crippen LogP contribution in [0.25, 0.3) is 17.4 Å². The highest BCUT2D eigenvalue weighted by Crippen LogP contribution is 2.28. The van der Waals surface area contributed by atoms with Crippen molar-refractivity contribution in [2.24, 2.45) is 0 Å². The summed E-state index contributed by atoms with van der Waals surface area (Å²) in [5, 5.41) is 10.4. The van der Waals surface area contributed by atoms with Crippen molar-refractivity contribution in [2.75, 3.05) is 0 Å². The van der Waals surface area contributed by atoms with Crippen molar-refractivity contribution in [3.63, 3.8) is 0 Å². The van der Waals surface area contributed by atoms with Gasteiger partial charge in [0.25, 0.3) is 0 Å². The summed E-state index contributed by atoms with van der Waals surface area (Å²) in [6.07, 6.45) is 8.45. The molecule has 2 aromatic heterocycles. The van der Waals surface area contributed by atoms with Crippen molar-refractivity contribution >= 4 is 17.4 Å². The third kappa shape index (κ3) is 2.42. The fourth-order valence-electron chi connectivity index (χ4n) is 3.51. The van der Waals surface area contributed by atoms with Crippen LogP contribution < -0.4 is 0 Å². The summed E-state index contributed by atoms with van der Waals surface area (Å²) >= 11 is 0. The quantitative estimate of drug-likeness (QED) is 0.704. The molecule has 116 valence electrons. The molecule has 3 aromatic rings. The van der Waals surface area contributed by atoms with E-state index in [0.717, 1.165) is 35.3 Å². The van der Waals surface area contributed by atoms with Gasteiger partial charge in [-0.1, -0.05) is 30.3 Å². The van der Waals surface area contributed by atoms with Gasteiger partial charge in [-0.3, -0.25) is 4.98 Å². The number of aromatic nitrogens is 2. The summed E-state index contributed by atoms with van der Waals surface area (Å²) in [5.41, 5.74) is 6.73. The van der Waals surface area contributed by atoms with Crippen LogP contribution in [0.2, 0.25) is 0 Å². The van der Waals surface area contributed by atoms with Crippen molar-refractivity contribution < 1.29 is 5.11 Å². The van der Waals surface area contributed by atoms with E-state index in [1.54, 1.807) is 6.08 Å². The van der Waals surface area contributed by atoms with Crippen molar-refractivity contribution in [1.29, 1.82) is 0 Å². The molecular weight excluding hydrogens is 284 g/mol. The molecule has 2 heterocycles. The van der Waals surface area contributed by atoms with E-state index in [0.29, 0.717) is 0 Å². The van der Waals surface area contributed by atoms with Gasteiger partial charge in [-0.2, -0.15) is 0 Å². The van der Waals surface area contributed by atoms with Crippen molar-refractivity contribution in [2.45, 2.75) is 32.6 Å². The molecule has 4 rings (SSSR count). The normalized spacial score (nSPS) is 14.9. The predicted octanol–water partition coefficient (Wildman–Crippen LogP) is 4.58. The van der Waals surface area contributed by atoms with E-state index in [1.165, 1.54) is 24.1 Å². The highest BCUT2D eigenvalue weighted by molar-refractivity contribution is 5.81. The Morgan fingerprint density at radius 1 is 1.17 bits per heavy atom.